The standard InChI is InChI=1S/C20H22FN3O2/c21-15-4-1-3-14(13-15)20-17-5-2-10-23(17)11-12-24(20)19(26)9-8-18(25)22-16-6-7-16/h1-5,10,13,16,20H,6-9,11-12H2,(H,22,25). The SMILES string of the molecule is O=C(CCC(=O)N1CCn2cccc2C1c1cccc(F)c1)NC1CC1. The molecule has 2 aliphatic rings. The van der Waals surface area contributed by atoms with Gasteiger partial charge in [0.05, 0.1) is 6.04 Å². The third kappa shape index (κ3) is 3.49. The number of carbonyl (C=O) groups excluding carboxylic acids is 2. The van der Waals surface area contributed by atoms with E-state index in [-0.39, 0.29) is 36.5 Å². The minimum Gasteiger partial charge on any atom is -0.353 e. The van der Waals surface area contributed by atoms with Crippen LogP contribution < -0.4 is 5.32 Å². The number of benzene rings is 1. The summed E-state index contributed by atoms with van der Waals surface area (Å²) in [6, 6.07) is 10.3. The number of rotatable bonds is 5. The summed E-state index contributed by atoms with van der Waals surface area (Å²) in [7, 11) is 0. The van der Waals surface area contributed by atoms with Crippen molar-refractivity contribution < 1.29 is 14.0 Å². The number of aromatic nitrogens is 1. The van der Waals surface area contributed by atoms with Crippen LogP contribution in [0.2, 0.25) is 0 Å². The van der Waals surface area contributed by atoms with E-state index >= 15 is 0 Å². The van der Waals surface area contributed by atoms with Gasteiger partial charge >= 0.3 is 0 Å². The first kappa shape index (κ1) is 16.8. The number of carbonyl (C=O) groups is 2. The molecule has 2 aromatic rings. The smallest absolute Gasteiger partial charge is 0.223 e. The minimum atomic E-state index is -0.326. The number of hydrogen-bond acceptors (Lipinski definition) is 2. The van der Waals surface area contributed by atoms with Gasteiger partial charge in [-0.15, -0.1) is 0 Å². The highest BCUT2D eigenvalue weighted by atomic mass is 19.1. The number of nitrogens with zero attached hydrogens (tertiary/aromatic N) is 2. The molecule has 1 aliphatic carbocycles. The quantitative estimate of drug-likeness (QED) is 0.896. The van der Waals surface area contributed by atoms with E-state index in [4.69, 9.17) is 0 Å². The molecule has 1 aliphatic heterocycles. The molecule has 6 heteroatoms. The summed E-state index contributed by atoms with van der Waals surface area (Å²) >= 11 is 0. The van der Waals surface area contributed by atoms with Crippen molar-refractivity contribution in [1.82, 2.24) is 14.8 Å². The lowest BCUT2D eigenvalue weighted by atomic mass is 9.99. The van der Waals surface area contributed by atoms with Crippen LogP contribution in [0.15, 0.2) is 42.6 Å². The molecule has 0 spiro atoms. The van der Waals surface area contributed by atoms with Crippen LogP contribution in [0.25, 0.3) is 0 Å². The van der Waals surface area contributed by atoms with Gasteiger partial charge in [0.2, 0.25) is 11.8 Å². The third-order valence-electron chi connectivity index (χ3n) is 5.03. The molecule has 1 aromatic carbocycles. The maximum Gasteiger partial charge on any atom is 0.223 e. The van der Waals surface area contributed by atoms with Crippen molar-refractivity contribution in [2.75, 3.05) is 6.54 Å². The summed E-state index contributed by atoms with van der Waals surface area (Å²) in [6.07, 6.45) is 4.41. The largest absolute Gasteiger partial charge is 0.353 e. The van der Waals surface area contributed by atoms with Gasteiger partial charge in [-0.2, -0.15) is 0 Å². The molecule has 1 unspecified atom stereocenters. The fourth-order valence-electron chi connectivity index (χ4n) is 3.57. The zero-order valence-electron chi connectivity index (χ0n) is 14.5. The van der Waals surface area contributed by atoms with E-state index in [0.717, 1.165) is 24.1 Å². The summed E-state index contributed by atoms with van der Waals surface area (Å²) < 4.78 is 15.9. The van der Waals surface area contributed by atoms with Crippen molar-refractivity contribution in [3.63, 3.8) is 0 Å². The summed E-state index contributed by atoms with van der Waals surface area (Å²) in [4.78, 5) is 26.5. The molecule has 0 saturated heterocycles. The van der Waals surface area contributed by atoms with Gasteiger partial charge in [-0.25, -0.2) is 4.39 Å². The van der Waals surface area contributed by atoms with E-state index in [0.29, 0.717) is 19.1 Å². The lowest BCUT2D eigenvalue weighted by Gasteiger charge is -2.37. The lowest BCUT2D eigenvalue weighted by molar-refractivity contribution is -0.136. The van der Waals surface area contributed by atoms with E-state index in [1.807, 2.05) is 24.4 Å². The molecule has 1 fully saturated rings. The van der Waals surface area contributed by atoms with Crippen LogP contribution in [0.4, 0.5) is 4.39 Å². The topological polar surface area (TPSA) is 54.3 Å². The molecule has 0 radical (unpaired) electrons. The summed E-state index contributed by atoms with van der Waals surface area (Å²) in [5.41, 5.74) is 1.72. The Labute approximate surface area is 151 Å². The number of hydrogen-bond donors (Lipinski definition) is 1. The normalized spacial score (nSPS) is 19.1. The van der Waals surface area contributed by atoms with Gasteiger partial charge in [-0.1, -0.05) is 12.1 Å². The van der Waals surface area contributed by atoms with Crippen molar-refractivity contribution in [1.29, 1.82) is 0 Å². The molecule has 136 valence electrons. The van der Waals surface area contributed by atoms with Gasteiger partial charge in [0.15, 0.2) is 0 Å². The Morgan fingerprint density at radius 1 is 1.12 bits per heavy atom. The maximum absolute atomic E-state index is 13.8. The van der Waals surface area contributed by atoms with Crippen LogP contribution in [-0.2, 0) is 16.1 Å². The molecule has 1 saturated carbocycles. The Hall–Kier alpha value is -2.63. The molecular formula is C20H22FN3O2. The monoisotopic (exact) mass is 355 g/mol. The number of nitrogens with one attached hydrogen (secondary N) is 1. The number of halogens is 1. The van der Waals surface area contributed by atoms with Crippen LogP contribution in [0.1, 0.15) is 43.0 Å². The van der Waals surface area contributed by atoms with Crippen LogP contribution in [0.5, 0.6) is 0 Å². The summed E-state index contributed by atoms with van der Waals surface area (Å²) in [5.74, 6) is -0.455. The number of amides is 2. The molecule has 26 heavy (non-hydrogen) atoms. The Balaban J connectivity index is 1.53. The zero-order valence-corrected chi connectivity index (χ0v) is 14.5. The summed E-state index contributed by atoms with van der Waals surface area (Å²) in [5, 5.41) is 2.91. The maximum atomic E-state index is 13.8. The first-order chi connectivity index (χ1) is 12.6. The average molecular weight is 355 g/mol. The molecule has 1 N–H and O–H groups in total. The molecule has 2 heterocycles. The van der Waals surface area contributed by atoms with Crippen molar-refractivity contribution in [3.8, 4) is 0 Å². The highest BCUT2D eigenvalue weighted by molar-refractivity contribution is 5.84. The second kappa shape index (κ2) is 6.94. The van der Waals surface area contributed by atoms with Gasteiger partial charge in [0, 0.05) is 43.9 Å². The third-order valence-corrected chi connectivity index (χ3v) is 5.03. The summed E-state index contributed by atoms with van der Waals surface area (Å²) in [6.45, 7) is 1.25. The van der Waals surface area contributed by atoms with Crippen molar-refractivity contribution >= 4 is 11.8 Å². The predicted octanol–water partition coefficient (Wildman–Crippen LogP) is 2.62. The van der Waals surface area contributed by atoms with Gasteiger partial charge in [-0.05, 0) is 42.7 Å². The minimum absolute atomic E-state index is 0.0662. The van der Waals surface area contributed by atoms with Gasteiger partial charge < -0.3 is 14.8 Å². The van der Waals surface area contributed by atoms with E-state index in [2.05, 4.69) is 9.88 Å². The molecule has 1 aromatic heterocycles. The van der Waals surface area contributed by atoms with Crippen molar-refractivity contribution in [2.24, 2.45) is 0 Å². The first-order valence-corrected chi connectivity index (χ1v) is 9.11. The Morgan fingerprint density at radius 2 is 1.96 bits per heavy atom. The van der Waals surface area contributed by atoms with E-state index in [1.54, 1.807) is 11.0 Å². The molecule has 1 atom stereocenters. The second-order valence-electron chi connectivity index (χ2n) is 7.01. The highest BCUT2D eigenvalue weighted by Crippen LogP contribution is 2.33. The Bertz CT molecular complexity index is 828. The van der Waals surface area contributed by atoms with Gasteiger partial charge in [0.1, 0.15) is 5.82 Å². The van der Waals surface area contributed by atoms with Crippen molar-refractivity contribution in [3.05, 3.63) is 59.7 Å². The fourth-order valence-corrected chi connectivity index (χ4v) is 3.57. The van der Waals surface area contributed by atoms with Crippen LogP contribution in [0.3, 0.4) is 0 Å². The van der Waals surface area contributed by atoms with Crippen LogP contribution in [-0.4, -0.2) is 33.9 Å². The Morgan fingerprint density at radius 3 is 2.73 bits per heavy atom. The Kier molecular flexibility index (Phi) is 4.49. The predicted molar refractivity (Wildman–Crippen MR) is 94.8 cm³/mol. The van der Waals surface area contributed by atoms with Crippen LogP contribution >= 0.6 is 0 Å². The second-order valence-corrected chi connectivity index (χ2v) is 7.01. The van der Waals surface area contributed by atoms with Crippen LogP contribution in [0, 0.1) is 5.82 Å². The molecule has 0 bridgehead atoms. The highest BCUT2D eigenvalue weighted by Gasteiger charge is 2.32. The molecule has 2 amide bonds. The van der Waals surface area contributed by atoms with E-state index in [1.165, 1.54) is 12.1 Å². The van der Waals surface area contributed by atoms with Crippen molar-refractivity contribution in [2.45, 2.75) is 44.3 Å². The lowest BCUT2D eigenvalue weighted by Crippen LogP contribution is -2.42. The van der Waals surface area contributed by atoms with Gasteiger partial charge in [0.25, 0.3) is 0 Å². The van der Waals surface area contributed by atoms with E-state index in [9.17, 15) is 14.0 Å². The first-order valence-electron chi connectivity index (χ1n) is 9.11. The zero-order chi connectivity index (χ0) is 18.1. The molecule has 5 nitrogen and oxygen atoms in total. The van der Waals surface area contributed by atoms with Gasteiger partial charge in [-0.3, -0.25) is 9.59 Å². The average Bonchev–Trinajstić information content (AvgIpc) is 3.31. The number of fused-ring (bicyclic) bond motifs is 1. The fraction of sp³-hybridized carbons (Fsp3) is 0.400. The van der Waals surface area contributed by atoms with E-state index < -0.39 is 0 Å². The molecule has 4 rings (SSSR count). The molecular weight excluding hydrogens is 333 g/mol.